The van der Waals surface area contributed by atoms with E-state index in [1.54, 1.807) is 4.68 Å². The second-order valence-corrected chi connectivity index (χ2v) is 7.62. The monoisotopic (exact) mass is 321 g/mol. The summed E-state index contributed by atoms with van der Waals surface area (Å²) >= 11 is 0. The number of hydrogen-bond acceptors (Lipinski definition) is 4. The molecule has 0 aromatic carbocycles. The minimum absolute atomic E-state index is 0.0678. The largest absolute Gasteiger partial charge is 0.390 e. The zero-order valence-corrected chi connectivity index (χ0v) is 14.6. The van der Waals surface area contributed by atoms with Crippen molar-refractivity contribution >= 4 is 5.91 Å². The van der Waals surface area contributed by atoms with Crippen LogP contribution in [0, 0.1) is 5.92 Å². The predicted octanol–water partition coefficient (Wildman–Crippen LogP) is 1.72. The van der Waals surface area contributed by atoms with Crippen LogP contribution in [-0.2, 0) is 18.2 Å². The highest BCUT2D eigenvalue weighted by atomic mass is 16.5. The van der Waals surface area contributed by atoms with Crippen LogP contribution < -0.4 is 5.32 Å². The van der Waals surface area contributed by atoms with E-state index >= 15 is 0 Å². The van der Waals surface area contributed by atoms with Gasteiger partial charge in [0.15, 0.2) is 0 Å². The second-order valence-electron chi connectivity index (χ2n) is 7.62. The molecule has 1 aromatic rings. The summed E-state index contributed by atoms with van der Waals surface area (Å²) in [6.45, 7) is 7.66. The van der Waals surface area contributed by atoms with Gasteiger partial charge in [0, 0.05) is 25.1 Å². The summed E-state index contributed by atoms with van der Waals surface area (Å²) in [5, 5.41) is 17.6. The van der Waals surface area contributed by atoms with Crippen molar-refractivity contribution in [2.45, 2.75) is 70.8 Å². The van der Waals surface area contributed by atoms with Gasteiger partial charge in [0.1, 0.15) is 5.69 Å². The Morgan fingerprint density at radius 1 is 1.39 bits per heavy atom. The lowest BCUT2D eigenvalue weighted by Gasteiger charge is -2.42. The van der Waals surface area contributed by atoms with Crippen LogP contribution in [-0.4, -0.2) is 38.5 Å². The van der Waals surface area contributed by atoms with E-state index in [-0.39, 0.29) is 30.1 Å². The van der Waals surface area contributed by atoms with Gasteiger partial charge in [-0.3, -0.25) is 9.48 Å². The number of nitrogens with zero attached hydrogens (tertiary/aromatic N) is 2. The number of aromatic nitrogens is 2. The van der Waals surface area contributed by atoms with Crippen LogP contribution in [0.25, 0.3) is 0 Å². The Morgan fingerprint density at radius 3 is 2.65 bits per heavy atom. The van der Waals surface area contributed by atoms with Crippen molar-refractivity contribution in [1.82, 2.24) is 15.1 Å². The molecule has 2 aliphatic rings. The molecule has 1 aromatic heterocycles. The predicted molar refractivity (Wildman–Crippen MR) is 86.2 cm³/mol. The maximum Gasteiger partial charge on any atom is 0.270 e. The lowest BCUT2D eigenvalue weighted by molar-refractivity contribution is -0.0310. The standard InChI is InChI=1S/C17H27N3O3/c1-9-6-13-14(10(2)23-9)19-20(5)15(13)16(21)18-12-7-11(8-12)17(3,4)22/h9-12,22H,6-8H2,1-5H3,(H,18,21)/t9-,10+,11?,12?/m1/s1. The lowest BCUT2D eigenvalue weighted by atomic mass is 9.71. The molecular weight excluding hydrogens is 294 g/mol. The van der Waals surface area contributed by atoms with E-state index in [0.29, 0.717) is 12.1 Å². The third-order valence-electron chi connectivity index (χ3n) is 5.18. The van der Waals surface area contributed by atoms with Crippen molar-refractivity contribution in [1.29, 1.82) is 0 Å². The average Bonchev–Trinajstić information content (AvgIpc) is 2.68. The quantitative estimate of drug-likeness (QED) is 0.889. The Morgan fingerprint density at radius 2 is 2.04 bits per heavy atom. The molecule has 2 N–H and O–H groups in total. The van der Waals surface area contributed by atoms with Crippen molar-refractivity contribution < 1.29 is 14.6 Å². The van der Waals surface area contributed by atoms with Gasteiger partial charge in [-0.15, -0.1) is 0 Å². The molecule has 1 saturated carbocycles. The Kier molecular flexibility index (Phi) is 4.01. The average molecular weight is 321 g/mol. The molecule has 0 unspecified atom stereocenters. The third kappa shape index (κ3) is 3.02. The van der Waals surface area contributed by atoms with E-state index in [1.807, 2.05) is 34.7 Å². The Balaban J connectivity index is 1.72. The maximum atomic E-state index is 12.7. The molecule has 23 heavy (non-hydrogen) atoms. The number of aliphatic hydroxyl groups is 1. The SMILES string of the molecule is C[C@@H]1Cc2c(nn(C)c2C(=O)NC2CC(C(C)(C)O)C2)[C@H](C)O1. The normalized spacial score (nSPS) is 30.5. The fourth-order valence-electron chi connectivity index (χ4n) is 3.72. The third-order valence-corrected chi connectivity index (χ3v) is 5.18. The lowest BCUT2D eigenvalue weighted by Crippen LogP contribution is -2.51. The minimum atomic E-state index is -0.672. The van der Waals surface area contributed by atoms with E-state index in [0.717, 1.165) is 24.1 Å². The summed E-state index contributed by atoms with van der Waals surface area (Å²) in [6.07, 6.45) is 2.38. The van der Waals surface area contributed by atoms with E-state index in [9.17, 15) is 9.90 Å². The maximum absolute atomic E-state index is 12.7. The summed E-state index contributed by atoms with van der Waals surface area (Å²) in [7, 11) is 1.81. The smallest absolute Gasteiger partial charge is 0.270 e. The number of carbonyl (C=O) groups excluding carboxylic acids is 1. The van der Waals surface area contributed by atoms with Gasteiger partial charge >= 0.3 is 0 Å². The summed E-state index contributed by atoms with van der Waals surface area (Å²) in [4.78, 5) is 12.7. The number of nitrogens with one attached hydrogen (secondary N) is 1. The van der Waals surface area contributed by atoms with Crippen molar-refractivity contribution in [2.75, 3.05) is 0 Å². The summed E-state index contributed by atoms with van der Waals surface area (Å²) in [5.74, 6) is 0.184. The molecule has 128 valence electrons. The van der Waals surface area contributed by atoms with Gasteiger partial charge in [0.25, 0.3) is 5.91 Å². The van der Waals surface area contributed by atoms with E-state index in [1.165, 1.54) is 0 Å². The van der Waals surface area contributed by atoms with Gasteiger partial charge in [0.2, 0.25) is 0 Å². The first-order valence-electron chi connectivity index (χ1n) is 8.41. The first-order chi connectivity index (χ1) is 10.7. The molecule has 2 heterocycles. The molecule has 1 fully saturated rings. The fraction of sp³-hybridized carbons (Fsp3) is 0.765. The second kappa shape index (κ2) is 5.60. The first kappa shape index (κ1) is 16.5. The molecule has 1 aliphatic carbocycles. The van der Waals surface area contributed by atoms with Crippen LogP contribution in [0.2, 0.25) is 0 Å². The number of carbonyl (C=O) groups is 1. The summed E-state index contributed by atoms with van der Waals surface area (Å²) < 4.78 is 7.46. The topological polar surface area (TPSA) is 76.4 Å². The molecule has 6 nitrogen and oxygen atoms in total. The van der Waals surface area contributed by atoms with Gasteiger partial charge in [-0.05, 0) is 46.5 Å². The molecule has 1 aliphatic heterocycles. The van der Waals surface area contributed by atoms with Gasteiger partial charge in [-0.2, -0.15) is 5.10 Å². The summed E-state index contributed by atoms with van der Waals surface area (Å²) in [6, 6.07) is 0.138. The molecule has 3 rings (SSSR count). The fourth-order valence-corrected chi connectivity index (χ4v) is 3.72. The van der Waals surface area contributed by atoms with Crippen molar-refractivity contribution in [3.05, 3.63) is 17.0 Å². The van der Waals surface area contributed by atoms with Crippen LogP contribution in [0.15, 0.2) is 0 Å². The van der Waals surface area contributed by atoms with Gasteiger partial charge < -0.3 is 15.2 Å². The van der Waals surface area contributed by atoms with Crippen LogP contribution >= 0.6 is 0 Å². The molecule has 6 heteroatoms. The molecule has 0 bridgehead atoms. The van der Waals surface area contributed by atoms with Crippen LogP contribution in [0.3, 0.4) is 0 Å². The van der Waals surface area contributed by atoms with Crippen LogP contribution in [0.5, 0.6) is 0 Å². The van der Waals surface area contributed by atoms with E-state index < -0.39 is 5.60 Å². The van der Waals surface area contributed by atoms with Crippen LogP contribution in [0.4, 0.5) is 0 Å². The molecular formula is C17H27N3O3. The number of aryl methyl sites for hydroxylation is 1. The number of amides is 1. The Bertz CT molecular complexity index is 611. The van der Waals surface area contributed by atoms with Crippen LogP contribution in [0.1, 0.15) is 68.4 Å². The number of fused-ring (bicyclic) bond motifs is 1. The van der Waals surface area contributed by atoms with Gasteiger partial charge in [-0.1, -0.05) is 0 Å². The Hall–Kier alpha value is -1.40. The van der Waals surface area contributed by atoms with Crippen molar-refractivity contribution in [2.24, 2.45) is 13.0 Å². The highest BCUT2D eigenvalue weighted by Crippen LogP contribution is 2.37. The van der Waals surface area contributed by atoms with Gasteiger partial charge in [-0.25, -0.2) is 0 Å². The van der Waals surface area contributed by atoms with E-state index in [4.69, 9.17) is 4.74 Å². The molecule has 0 spiro atoms. The zero-order valence-electron chi connectivity index (χ0n) is 14.6. The summed E-state index contributed by atoms with van der Waals surface area (Å²) in [5.41, 5.74) is 1.86. The highest BCUT2D eigenvalue weighted by Gasteiger charge is 2.40. The highest BCUT2D eigenvalue weighted by molar-refractivity contribution is 5.94. The molecule has 1 amide bonds. The zero-order chi connectivity index (χ0) is 16.9. The number of ether oxygens (including phenoxy) is 1. The number of rotatable bonds is 3. The molecule has 0 saturated heterocycles. The molecule has 0 radical (unpaired) electrons. The molecule has 2 atom stereocenters. The van der Waals surface area contributed by atoms with Crippen molar-refractivity contribution in [3.63, 3.8) is 0 Å². The van der Waals surface area contributed by atoms with E-state index in [2.05, 4.69) is 10.4 Å². The van der Waals surface area contributed by atoms with Crippen molar-refractivity contribution in [3.8, 4) is 0 Å². The number of hydrogen-bond donors (Lipinski definition) is 2. The van der Waals surface area contributed by atoms with Gasteiger partial charge in [0.05, 0.1) is 23.5 Å². The minimum Gasteiger partial charge on any atom is -0.390 e. The first-order valence-corrected chi connectivity index (χ1v) is 8.41. The Labute approximate surface area is 137 Å².